The Morgan fingerprint density at radius 2 is 1.70 bits per heavy atom. The van der Waals surface area contributed by atoms with E-state index in [9.17, 15) is 21.6 Å². The number of nitriles is 1. The van der Waals surface area contributed by atoms with Crippen LogP contribution in [0.5, 0.6) is 0 Å². The molecule has 0 aliphatic carbocycles. The lowest BCUT2D eigenvalue weighted by atomic mass is 10.1. The Kier molecular flexibility index (Phi) is 4.57. The number of rotatable bonds is 3. The van der Waals surface area contributed by atoms with Gasteiger partial charge in [0.1, 0.15) is 11.0 Å². The molecule has 0 aliphatic rings. The lowest BCUT2D eigenvalue weighted by molar-refractivity contribution is -0.137. The van der Waals surface area contributed by atoms with Crippen molar-refractivity contribution in [3.05, 3.63) is 70.6 Å². The van der Waals surface area contributed by atoms with Gasteiger partial charge in [-0.15, -0.1) is 0 Å². The molecule has 0 radical (unpaired) electrons. The second-order valence-electron chi connectivity index (χ2n) is 4.56. The summed E-state index contributed by atoms with van der Waals surface area (Å²) in [7, 11) is -4.08. The van der Waals surface area contributed by atoms with Gasteiger partial charge >= 0.3 is 6.18 Å². The van der Waals surface area contributed by atoms with Crippen LogP contribution in [0.4, 0.5) is 13.2 Å². The first kappa shape index (κ1) is 16.8. The fourth-order valence-corrected chi connectivity index (χ4v) is 3.03. The monoisotopic (exact) mass is 337 g/mol. The third kappa shape index (κ3) is 3.79. The highest BCUT2D eigenvalue weighted by Gasteiger charge is 2.30. The molecule has 23 heavy (non-hydrogen) atoms. The fraction of sp³-hybridized carbons (Fsp3) is 0.0625. The molecule has 0 aromatic heterocycles. The number of alkyl halides is 3. The van der Waals surface area contributed by atoms with Gasteiger partial charge in [-0.2, -0.15) is 18.4 Å². The number of halogens is 3. The van der Waals surface area contributed by atoms with Crippen LogP contribution in [0.2, 0.25) is 0 Å². The molecule has 0 amide bonds. The molecule has 0 heterocycles. The Labute approximate surface area is 131 Å². The summed E-state index contributed by atoms with van der Waals surface area (Å²) in [6, 6.07) is 12.9. The molecule has 0 saturated carbocycles. The molecule has 0 saturated heterocycles. The Morgan fingerprint density at radius 1 is 1.04 bits per heavy atom. The molecular formula is C16H10F3NO2S. The van der Waals surface area contributed by atoms with Crippen LogP contribution in [0.15, 0.2) is 64.4 Å². The maximum Gasteiger partial charge on any atom is 0.416 e. The average molecular weight is 337 g/mol. The summed E-state index contributed by atoms with van der Waals surface area (Å²) in [6.07, 6.45) is -3.62. The van der Waals surface area contributed by atoms with Crippen molar-refractivity contribution in [2.75, 3.05) is 0 Å². The summed E-state index contributed by atoms with van der Waals surface area (Å²) >= 11 is 0. The van der Waals surface area contributed by atoms with Crippen molar-refractivity contribution in [2.45, 2.75) is 11.1 Å². The van der Waals surface area contributed by atoms with Crippen LogP contribution in [0.1, 0.15) is 11.1 Å². The summed E-state index contributed by atoms with van der Waals surface area (Å²) in [5, 5.41) is 9.09. The first-order chi connectivity index (χ1) is 10.7. The lowest BCUT2D eigenvalue weighted by Crippen LogP contribution is -2.05. The normalized spacial score (nSPS) is 12.7. The third-order valence-electron chi connectivity index (χ3n) is 2.96. The maximum atomic E-state index is 12.7. The topological polar surface area (TPSA) is 57.9 Å². The van der Waals surface area contributed by atoms with E-state index in [1.807, 2.05) is 0 Å². The van der Waals surface area contributed by atoms with E-state index in [0.29, 0.717) is 0 Å². The smallest absolute Gasteiger partial charge is 0.218 e. The Morgan fingerprint density at radius 3 is 2.26 bits per heavy atom. The van der Waals surface area contributed by atoms with Gasteiger partial charge in [0.25, 0.3) is 0 Å². The van der Waals surface area contributed by atoms with Crippen molar-refractivity contribution in [3.63, 3.8) is 0 Å². The molecule has 0 bridgehead atoms. The van der Waals surface area contributed by atoms with Crippen LogP contribution in [0, 0.1) is 11.3 Å². The van der Waals surface area contributed by atoms with Crippen LogP contribution in [0.25, 0.3) is 6.08 Å². The molecule has 3 nitrogen and oxygen atoms in total. The van der Waals surface area contributed by atoms with E-state index in [0.717, 1.165) is 24.3 Å². The van der Waals surface area contributed by atoms with Crippen molar-refractivity contribution < 1.29 is 21.6 Å². The quantitative estimate of drug-likeness (QED) is 0.794. The average Bonchev–Trinajstić information content (AvgIpc) is 2.52. The predicted molar refractivity (Wildman–Crippen MR) is 78.7 cm³/mol. The van der Waals surface area contributed by atoms with Crippen molar-refractivity contribution >= 4 is 15.9 Å². The number of hydrogen-bond donors (Lipinski definition) is 0. The molecule has 0 spiro atoms. The van der Waals surface area contributed by atoms with Crippen molar-refractivity contribution in [3.8, 4) is 6.07 Å². The molecule has 7 heteroatoms. The van der Waals surface area contributed by atoms with E-state index >= 15 is 0 Å². The van der Waals surface area contributed by atoms with Gasteiger partial charge in [0.05, 0.1) is 10.5 Å². The highest BCUT2D eigenvalue weighted by molar-refractivity contribution is 7.95. The van der Waals surface area contributed by atoms with E-state index in [4.69, 9.17) is 5.26 Å². The van der Waals surface area contributed by atoms with Crippen LogP contribution in [-0.4, -0.2) is 8.42 Å². The van der Waals surface area contributed by atoms with Crippen LogP contribution < -0.4 is 0 Å². The molecule has 118 valence electrons. The summed E-state index contributed by atoms with van der Waals surface area (Å²) in [5.41, 5.74) is -0.934. The fourth-order valence-electron chi connectivity index (χ4n) is 1.85. The van der Waals surface area contributed by atoms with Crippen molar-refractivity contribution in [1.82, 2.24) is 0 Å². The Bertz CT molecular complexity index is 880. The van der Waals surface area contributed by atoms with Gasteiger partial charge in [-0.1, -0.05) is 30.3 Å². The largest absolute Gasteiger partial charge is 0.416 e. The molecule has 2 rings (SSSR count). The molecule has 0 N–H and O–H groups in total. The van der Waals surface area contributed by atoms with Gasteiger partial charge in [-0.3, -0.25) is 0 Å². The SMILES string of the molecule is N#C/C(=C\c1cccc(C(F)(F)F)c1)S(=O)(=O)c1ccccc1. The standard InChI is InChI=1S/C16H10F3NO2S/c17-16(18,19)13-6-4-5-12(9-13)10-15(11-20)23(21,22)14-7-2-1-3-8-14/h1-10H/b15-10+. The van der Waals surface area contributed by atoms with Crippen LogP contribution >= 0.6 is 0 Å². The van der Waals surface area contributed by atoms with E-state index < -0.39 is 26.5 Å². The number of sulfone groups is 1. The number of nitrogens with zero attached hydrogens (tertiary/aromatic N) is 1. The molecular weight excluding hydrogens is 327 g/mol. The summed E-state index contributed by atoms with van der Waals surface area (Å²) in [5.74, 6) is 0. The zero-order valence-electron chi connectivity index (χ0n) is 11.6. The minimum Gasteiger partial charge on any atom is -0.218 e. The van der Waals surface area contributed by atoms with E-state index in [2.05, 4.69) is 0 Å². The molecule has 2 aromatic carbocycles. The molecule has 0 fully saturated rings. The highest BCUT2D eigenvalue weighted by atomic mass is 32.2. The van der Waals surface area contributed by atoms with Crippen LogP contribution in [0.3, 0.4) is 0 Å². The van der Waals surface area contributed by atoms with Gasteiger partial charge in [0.15, 0.2) is 0 Å². The van der Waals surface area contributed by atoms with Gasteiger partial charge < -0.3 is 0 Å². The van der Waals surface area contributed by atoms with Crippen molar-refractivity contribution in [2.24, 2.45) is 0 Å². The summed E-state index contributed by atoms with van der Waals surface area (Å²) in [4.78, 5) is -0.720. The third-order valence-corrected chi connectivity index (χ3v) is 4.65. The van der Waals surface area contributed by atoms with E-state index in [1.165, 1.54) is 36.4 Å². The number of hydrogen-bond acceptors (Lipinski definition) is 3. The van der Waals surface area contributed by atoms with Gasteiger partial charge in [-0.25, -0.2) is 8.42 Å². The van der Waals surface area contributed by atoms with Crippen LogP contribution in [-0.2, 0) is 16.0 Å². The summed E-state index contributed by atoms with van der Waals surface area (Å²) in [6.45, 7) is 0. The van der Waals surface area contributed by atoms with Gasteiger partial charge in [-0.05, 0) is 35.9 Å². The first-order valence-corrected chi connectivity index (χ1v) is 7.82. The molecule has 0 unspecified atom stereocenters. The lowest BCUT2D eigenvalue weighted by Gasteiger charge is -2.07. The molecule has 0 aliphatic heterocycles. The van der Waals surface area contributed by atoms with Gasteiger partial charge in [0.2, 0.25) is 9.84 Å². The second-order valence-corrected chi connectivity index (χ2v) is 6.48. The first-order valence-electron chi connectivity index (χ1n) is 6.34. The highest BCUT2D eigenvalue weighted by Crippen LogP contribution is 2.30. The van der Waals surface area contributed by atoms with E-state index in [1.54, 1.807) is 6.07 Å². The Hall–Kier alpha value is -2.59. The number of allylic oxidation sites excluding steroid dienone is 1. The minimum atomic E-state index is -4.55. The zero-order valence-corrected chi connectivity index (χ0v) is 12.4. The Balaban J connectivity index is 2.51. The molecule has 0 atom stereocenters. The van der Waals surface area contributed by atoms with E-state index in [-0.39, 0.29) is 10.5 Å². The minimum absolute atomic E-state index is 0.0177. The maximum absolute atomic E-state index is 12.7. The second kappa shape index (κ2) is 6.26. The molecule has 2 aromatic rings. The predicted octanol–water partition coefficient (Wildman–Crippen LogP) is 4.04. The zero-order chi connectivity index (χ0) is 17.1. The number of benzene rings is 2. The van der Waals surface area contributed by atoms with Crippen molar-refractivity contribution in [1.29, 1.82) is 5.26 Å². The summed E-state index contributed by atoms with van der Waals surface area (Å²) < 4.78 is 62.7. The van der Waals surface area contributed by atoms with Gasteiger partial charge in [0, 0.05) is 0 Å².